The molecule has 0 bridgehead atoms. The standard InChI is InChI=1S/C28H29BrF3N5O2S/c1-27(2,3)15-7-10-17-18(13-33)26(40-20(17)11-15)35-25(38)23-22(29)24-34-19(14-5-8-16(39-4)9-6-14)12-21(28(30,31)32)37(24)36-23/h5-6,8-9,15,19,21,34H,7,10-12H2,1-4H3,(H,35,38)/t15-,19+,21+/m0/s1. The van der Waals surface area contributed by atoms with Gasteiger partial charge in [0.1, 0.15) is 22.6 Å². The highest BCUT2D eigenvalue weighted by molar-refractivity contribution is 9.10. The van der Waals surface area contributed by atoms with Gasteiger partial charge in [0.15, 0.2) is 11.7 Å². The minimum Gasteiger partial charge on any atom is -0.497 e. The first kappa shape index (κ1) is 28.5. The van der Waals surface area contributed by atoms with Gasteiger partial charge < -0.3 is 15.4 Å². The number of benzene rings is 1. The van der Waals surface area contributed by atoms with E-state index < -0.39 is 24.2 Å². The van der Waals surface area contributed by atoms with Gasteiger partial charge in [0, 0.05) is 11.3 Å². The number of ether oxygens (including phenoxy) is 1. The number of fused-ring (bicyclic) bond motifs is 2. The third kappa shape index (κ3) is 5.21. The number of hydrogen-bond donors (Lipinski definition) is 2. The molecule has 7 nitrogen and oxygen atoms in total. The fraction of sp³-hybridized carbons (Fsp3) is 0.464. The molecule has 5 rings (SSSR count). The van der Waals surface area contributed by atoms with E-state index >= 15 is 0 Å². The molecule has 2 N–H and O–H groups in total. The maximum Gasteiger partial charge on any atom is 0.410 e. The van der Waals surface area contributed by atoms with Gasteiger partial charge in [-0.3, -0.25) is 4.79 Å². The molecule has 12 heteroatoms. The van der Waals surface area contributed by atoms with E-state index in [4.69, 9.17) is 4.74 Å². The topological polar surface area (TPSA) is 92.0 Å². The molecule has 1 aromatic carbocycles. The number of halogens is 4. The fourth-order valence-corrected chi connectivity index (χ4v) is 7.31. The van der Waals surface area contributed by atoms with E-state index in [0.717, 1.165) is 34.4 Å². The summed E-state index contributed by atoms with van der Waals surface area (Å²) in [6.45, 7) is 6.59. The molecule has 3 heterocycles. The summed E-state index contributed by atoms with van der Waals surface area (Å²) in [5.41, 5.74) is 1.95. The molecule has 0 unspecified atom stereocenters. The minimum atomic E-state index is -4.59. The predicted octanol–water partition coefficient (Wildman–Crippen LogP) is 7.65. The highest BCUT2D eigenvalue weighted by atomic mass is 79.9. The first-order valence-corrected chi connectivity index (χ1v) is 14.5. The summed E-state index contributed by atoms with van der Waals surface area (Å²) in [6, 6.07) is 6.43. The lowest BCUT2D eigenvalue weighted by Crippen LogP contribution is -2.35. The third-order valence-electron chi connectivity index (χ3n) is 7.86. The molecule has 0 radical (unpaired) electrons. The largest absolute Gasteiger partial charge is 0.497 e. The summed E-state index contributed by atoms with van der Waals surface area (Å²) in [5, 5.41) is 20.3. The third-order valence-corrected chi connectivity index (χ3v) is 9.78. The molecule has 40 heavy (non-hydrogen) atoms. The zero-order valence-corrected chi connectivity index (χ0v) is 24.9. The Kier molecular flexibility index (Phi) is 7.42. The Balaban J connectivity index is 1.45. The zero-order valence-electron chi connectivity index (χ0n) is 22.4. The SMILES string of the molecule is COc1ccc([C@H]2C[C@H](C(F)(F)F)n3nc(C(=O)Nc4sc5c(c4C#N)CC[C@H](C(C)(C)C)C5)c(Br)c3N2)cc1. The van der Waals surface area contributed by atoms with E-state index in [1.54, 1.807) is 24.3 Å². The molecule has 0 fully saturated rings. The van der Waals surface area contributed by atoms with Crippen molar-refractivity contribution < 1.29 is 22.7 Å². The normalized spacial score (nSPS) is 20.6. The van der Waals surface area contributed by atoms with Crippen molar-refractivity contribution in [3.63, 3.8) is 0 Å². The van der Waals surface area contributed by atoms with Gasteiger partial charge in [0.05, 0.1) is 23.2 Å². The summed E-state index contributed by atoms with van der Waals surface area (Å²) in [7, 11) is 1.52. The van der Waals surface area contributed by atoms with Gasteiger partial charge >= 0.3 is 6.18 Å². The first-order chi connectivity index (χ1) is 18.8. The Morgan fingerprint density at radius 2 is 1.98 bits per heavy atom. The van der Waals surface area contributed by atoms with E-state index in [0.29, 0.717) is 27.8 Å². The van der Waals surface area contributed by atoms with E-state index in [1.807, 2.05) is 0 Å². The average Bonchev–Trinajstić information content (AvgIpc) is 3.43. The molecule has 212 valence electrons. The van der Waals surface area contributed by atoms with Crippen LogP contribution in [0.2, 0.25) is 0 Å². The van der Waals surface area contributed by atoms with Gasteiger partial charge in [-0.2, -0.15) is 23.5 Å². The fourth-order valence-electron chi connectivity index (χ4n) is 5.48. The van der Waals surface area contributed by atoms with Gasteiger partial charge in [-0.05, 0) is 69.8 Å². The van der Waals surface area contributed by atoms with E-state index in [-0.39, 0.29) is 27.8 Å². The summed E-state index contributed by atoms with van der Waals surface area (Å²) in [5.74, 6) is 0.434. The molecule has 2 aromatic heterocycles. The molecule has 0 saturated heterocycles. The Morgan fingerprint density at radius 1 is 1.27 bits per heavy atom. The first-order valence-electron chi connectivity index (χ1n) is 12.9. The highest BCUT2D eigenvalue weighted by Gasteiger charge is 2.48. The van der Waals surface area contributed by atoms with E-state index in [2.05, 4.69) is 58.5 Å². The lowest BCUT2D eigenvalue weighted by atomic mass is 9.72. The number of carbonyl (C=O) groups excluding carboxylic acids is 1. The summed E-state index contributed by atoms with van der Waals surface area (Å²) >= 11 is 4.70. The van der Waals surface area contributed by atoms with Crippen LogP contribution in [0.1, 0.15) is 77.8 Å². The van der Waals surface area contributed by atoms with Gasteiger partial charge in [-0.15, -0.1) is 11.3 Å². The van der Waals surface area contributed by atoms with Gasteiger partial charge in [0.25, 0.3) is 5.91 Å². The Labute approximate surface area is 242 Å². The molecular formula is C28H29BrF3N5O2S. The number of aromatic nitrogens is 2. The number of anilines is 2. The number of carbonyl (C=O) groups is 1. The molecule has 2 aliphatic rings. The van der Waals surface area contributed by atoms with Crippen LogP contribution < -0.4 is 15.4 Å². The Hall–Kier alpha value is -3.04. The van der Waals surface area contributed by atoms with Crippen LogP contribution in [-0.2, 0) is 12.8 Å². The van der Waals surface area contributed by atoms with E-state index in [9.17, 15) is 23.2 Å². The monoisotopic (exact) mass is 635 g/mol. The van der Waals surface area contributed by atoms with Crippen LogP contribution in [0.3, 0.4) is 0 Å². The second kappa shape index (κ2) is 10.4. The van der Waals surface area contributed by atoms with Crippen molar-refractivity contribution in [1.29, 1.82) is 5.26 Å². The molecule has 1 amide bonds. The van der Waals surface area contributed by atoms with Crippen molar-refractivity contribution in [1.82, 2.24) is 9.78 Å². The van der Waals surface area contributed by atoms with Crippen LogP contribution in [0.5, 0.6) is 5.75 Å². The number of rotatable bonds is 4. The van der Waals surface area contributed by atoms with Gasteiger partial charge in [0.2, 0.25) is 0 Å². The maximum atomic E-state index is 14.2. The number of alkyl halides is 3. The highest BCUT2D eigenvalue weighted by Crippen LogP contribution is 2.47. The van der Waals surface area contributed by atoms with Crippen molar-refractivity contribution in [3.05, 3.63) is 56.0 Å². The van der Waals surface area contributed by atoms with Gasteiger partial charge in [-0.25, -0.2) is 4.68 Å². The van der Waals surface area contributed by atoms with Crippen molar-refractivity contribution >= 4 is 44.0 Å². The van der Waals surface area contributed by atoms with Crippen molar-refractivity contribution in [2.24, 2.45) is 11.3 Å². The van der Waals surface area contributed by atoms with Crippen molar-refractivity contribution in [2.75, 3.05) is 17.7 Å². The average molecular weight is 637 g/mol. The summed E-state index contributed by atoms with van der Waals surface area (Å²) < 4.78 is 48.7. The van der Waals surface area contributed by atoms with Crippen LogP contribution in [-0.4, -0.2) is 29.0 Å². The zero-order chi connectivity index (χ0) is 29.0. The van der Waals surface area contributed by atoms with Crippen LogP contribution >= 0.6 is 27.3 Å². The van der Waals surface area contributed by atoms with Crippen LogP contribution in [0, 0.1) is 22.7 Å². The van der Waals surface area contributed by atoms with Crippen LogP contribution in [0.4, 0.5) is 24.0 Å². The molecular weight excluding hydrogens is 607 g/mol. The molecule has 3 atom stereocenters. The number of methoxy groups -OCH3 is 1. The minimum absolute atomic E-state index is 0.0681. The second-order valence-corrected chi connectivity index (χ2v) is 13.2. The second-order valence-electron chi connectivity index (χ2n) is 11.3. The van der Waals surface area contributed by atoms with Crippen LogP contribution in [0.25, 0.3) is 0 Å². The Bertz CT molecular complexity index is 1480. The smallest absolute Gasteiger partial charge is 0.410 e. The number of nitrogens with one attached hydrogen (secondary N) is 2. The quantitative estimate of drug-likeness (QED) is 0.307. The molecule has 1 aliphatic carbocycles. The molecule has 1 aliphatic heterocycles. The number of nitriles is 1. The number of amides is 1. The summed E-state index contributed by atoms with van der Waals surface area (Å²) in [6.07, 6.45) is -2.37. The maximum absolute atomic E-state index is 14.2. The Morgan fingerprint density at radius 3 is 2.58 bits per heavy atom. The van der Waals surface area contributed by atoms with Gasteiger partial charge in [-0.1, -0.05) is 32.9 Å². The van der Waals surface area contributed by atoms with Crippen LogP contribution in [0.15, 0.2) is 28.7 Å². The van der Waals surface area contributed by atoms with Crippen molar-refractivity contribution in [2.45, 2.75) is 64.7 Å². The molecule has 3 aromatic rings. The lowest BCUT2D eigenvalue weighted by molar-refractivity contribution is -0.173. The molecule has 0 spiro atoms. The lowest BCUT2D eigenvalue weighted by Gasteiger charge is -2.33. The predicted molar refractivity (Wildman–Crippen MR) is 151 cm³/mol. The van der Waals surface area contributed by atoms with Crippen molar-refractivity contribution in [3.8, 4) is 11.8 Å². The number of thiophene rings is 1. The van der Waals surface area contributed by atoms with E-state index in [1.165, 1.54) is 18.4 Å². The summed E-state index contributed by atoms with van der Waals surface area (Å²) in [4.78, 5) is 14.5. The molecule has 0 saturated carbocycles. The number of hydrogen-bond acceptors (Lipinski definition) is 6. The number of nitrogens with zero attached hydrogens (tertiary/aromatic N) is 3.